The number of nitrogens with one attached hydrogen (secondary N) is 1. The molecule has 0 saturated heterocycles. The number of hydrogen-bond acceptors (Lipinski definition) is 5. The molecule has 0 spiro atoms. The summed E-state index contributed by atoms with van der Waals surface area (Å²) in [7, 11) is 0. The van der Waals surface area contributed by atoms with Gasteiger partial charge in [0.05, 0.1) is 36.6 Å². The summed E-state index contributed by atoms with van der Waals surface area (Å²) < 4.78 is 7.18. The van der Waals surface area contributed by atoms with E-state index in [0.717, 1.165) is 37.1 Å². The molecule has 1 saturated carbocycles. The molecule has 0 aromatic carbocycles. The van der Waals surface area contributed by atoms with Gasteiger partial charge in [0.2, 0.25) is 5.91 Å². The summed E-state index contributed by atoms with van der Waals surface area (Å²) in [5.74, 6) is 0.517. The largest absolute Gasteiger partial charge is 0.361 e. The Morgan fingerprint density at radius 1 is 1.27 bits per heavy atom. The molecule has 0 radical (unpaired) electrons. The van der Waals surface area contributed by atoms with Crippen molar-refractivity contribution in [3.05, 3.63) is 35.0 Å². The van der Waals surface area contributed by atoms with E-state index < -0.39 is 0 Å². The molecule has 3 heterocycles. The van der Waals surface area contributed by atoms with Crippen LogP contribution in [0.3, 0.4) is 0 Å². The third kappa shape index (κ3) is 3.98. The molecule has 7 nitrogen and oxygen atoms in total. The quantitative estimate of drug-likeness (QED) is 0.888. The van der Waals surface area contributed by atoms with E-state index in [0.29, 0.717) is 12.3 Å². The van der Waals surface area contributed by atoms with Crippen molar-refractivity contribution in [2.24, 2.45) is 0 Å². The average Bonchev–Trinajstić information content (AvgIpc) is 3.25. The van der Waals surface area contributed by atoms with Crippen LogP contribution in [-0.2, 0) is 30.8 Å². The molecule has 1 fully saturated rings. The predicted octanol–water partition coefficient (Wildman–Crippen LogP) is 2.19. The van der Waals surface area contributed by atoms with Crippen LogP contribution in [-0.4, -0.2) is 38.3 Å². The van der Waals surface area contributed by atoms with Gasteiger partial charge in [-0.25, -0.2) is 0 Å². The van der Waals surface area contributed by atoms with E-state index in [1.807, 2.05) is 6.92 Å². The van der Waals surface area contributed by atoms with Crippen molar-refractivity contribution < 1.29 is 9.32 Å². The van der Waals surface area contributed by atoms with Gasteiger partial charge in [-0.2, -0.15) is 5.10 Å². The molecule has 26 heavy (non-hydrogen) atoms. The second kappa shape index (κ2) is 7.61. The zero-order valence-corrected chi connectivity index (χ0v) is 15.4. The Morgan fingerprint density at radius 3 is 2.88 bits per heavy atom. The number of carbonyl (C=O) groups excluding carboxylic acids is 1. The van der Waals surface area contributed by atoms with Crippen molar-refractivity contribution in [2.45, 2.75) is 71.1 Å². The van der Waals surface area contributed by atoms with Gasteiger partial charge in [0, 0.05) is 25.2 Å². The van der Waals surface area contributed by atoms with Gasteiger partial charge < -0.3 is 9.84 Å². The van der Waals surface area contributed by atoms with Gasteiger partial charge >= 0.3 is 0 Å². The lowest BCUT2D eigenvalue weighted by atomic mass is 9.94. The summed E-state index contributed by atoms with van der Waals surface area (Å²) in [4.78, 5) is 14.7. The highest BCUT2D eigenvalue weighted by molar-refractivity contribution is 5.77. The number of fused-ring (bicyclic) bond motifs is 1. The second-order valence-electron chi connectivity index (χ2n) is 7.50. The number of hydrogen-bond donors (Lipinski definition) is 1. The van der Waals surface area contributed by atoms with Gasteiger partial charge in [0.1, 0.15) is 5.76 Å². The zero-order valence-electron chi connectivity index (χ0n) is 15.4. The van der Waals surface area contributed by atoms with Crippen LogP contribution in [0.2, 0.25) is 0 Å². The van der Waals surface area contributed by atoms with Crippen LogP contribution in [0, 0.1) is 6.92 Å². The summed E-state index contributed by atoms with van der Waals surface area (Å²) in [6.45, 7) is 5.29. The summed E-state index contributed by atoms with van der Waals surface area (Å²) in [5, 5.41) is 11.4. The third-order valence-electron chi connectivity index (χ3n) is 5.45. The predicted molar refractivity (Wildman–Crippen MR) is 96.3 cm³/mol. The molecular weight excluding hydrogens is 330 g/mol. The van der Waals surface area contributed by atoms with Gasteiger partial charge in [0.15, 0.2) is 0 Å². The van der Waals surface area contributed by atoms with E-state index in [1.165, 1.54) is 37.8 Å². The summed E-state index contributed by atoms with van der Waals surface area (Å²) in [5.41, 5.74) is 2.97. The van der Waals surface area contributed by atoms with Crippen molar-refractivity contribution in [2.75, 3.05) is 6.54 Å². The van der Waals surface area contributed by atoms with Gasteiger partial charge in [-0.1, -0.05) is 24.4 Å². The van der Waals surface area contributed by atoms with Crippen molar-refractivity contribution >= 4 is 5.91 Å². The molecule has 0 unspecified atom stereocenters. The number of carbonyl (C=O) groups is 1. The fourth-order valence-electron chi connectivity index (χ4n) is 4.10. The van der Waals surface area contributed by atoms with Gasteiger partial charge in [0.25, 0.3) is 0 Å². The van der Waals surface area contributed by atoms with Crippen LogP contribution < -0.4 is 5.32 Å². The van der Waals surface area contributed by atoms with E-state index in [1.54, 1.807) is 6.07 Å². The number of nitrogens with zero attached hydrogens (tertiary/aromatic N) is 4. The first-order chi connectivity index (χ1) is 12.7. The minimum Gasteiger partial charge on any atom is -0.361 e. The van der Waals surface area contributed by atoms with E-state index in [9.17, 15) is 4.79 Å². The molecule has 2 aromatic heterocycles. The highest BCUT2D eigenvalue weighted by Crippen LogP contribution is 2.26. The summed E-state index contributed by atoms with van der Waals surface area (Å²) in [6.07, 6.45) is 6.99. The maximum Gasteiger partial charge on any atom is 0.228 e. The molecule has 0 atom stereocenters. The number of aromatic nitrogens is 3. The van der Waals surface area contributed by atoms with E-state index in [-0.39, 0.29) is 12.3 Å². The maximum atomic E-state index is 12.1. The lowest BCUT2D eigenvalue weighted by molar-refractivity contribution is -0.120. The van der Waals surface area contributed by atoms with Gasteiger partial charge in [-0.3, -0.25) is 14.4 Å². The third-order valence-corrected chi connectivity index (χ3v) is 5.45. The lowest BCUT2D eigenvalue weighted by Gasteiger charge is -2.36. The Hall–Kier alpha value is -2.15. The lowest BCUT2D eigenvalue weighted by Crippen LogP contribution is -2.42. The van der Waals surface area contributed by atoms with Crippen LogP contribution in [0.5, 0.6) is 0 Å². The van der Waals surface area contributed by atoms with Crippen LogP contribution >= 0.6 is 0 Å². The van der Waals surface area contributed by atoms with E-state index in [2.05, 4.69) is 31.2 Å². The minimum absolute atomic E-state index is 0.0732. The Balaban J connectivity index is 1.30. The van der Waals surface area contributed by atoms with Crippen LogP contribution in [0.1, 0.15) is 54.9 Å². The first-order valence-corrected chi connectivity index (χ1v) is 9.66. The SMILES string of the molecule is Cc1cc(CC(=O)NCc2cc3n(n2)CCN(C2CCCCC2)C3)on1. The molecule has 4 rings (SSSR count). The zero-order chi connectivity index (χ0) is 17.9. The van der Waals surface area contributed by atoms with Crippen molar-refractivity contribution in [1.29, 1.82) is 0 Å². The Kier molecular flexibility index (Phi) is 5.06. The highest BCUT2D eigenvalue weighted by Gasteiger charge is 2.26. The number of amides is 1. The Bertz CT molecular complexity index is 760. The average molecular weight is 357 g/mol. The fraction of sp³-hybridized carbons (Fsp3) is 0.632. The summed E-state index contributed by atoms with van der Waals surface area (Å²) in [6, 6.07) is 4.66. The van der Waals surface area contributed by atoms with Gasteiger partial charge in [-0.05, 0) is 25.8 Å². The van der Waals surface area contributed by atoms with E-state index in [4.69, 9.17) is 4.52 Å². The molecule has 1 aliphatic carbocycles. The molecule has 2 aliphatic rings. The molecular formula is C19H27N5O2. The Morgan fingerprint density at radius 2 is 2.12 bits per heavy atom. The molecule has 7 heteroatoms. The highest BCUT2D eigenvalue weighted by atomic mass is 16.5. The van der Waals surface area contributed by atoms with Crippen molar-refractivity contribution in [1.82, 2.24) is 25.2 Å². The molecule has 1 amide bonds. The number of aryl methyl sites for hydroxylation is 1. The van der Waals surface area contributed by atoms with Crippen LogP contribution in [0.4, 0.5) is 0 Å². The minimum atomic E-state index is -0.0732. The smallest absolute Gasteiger partial charge is 0.228 e. The van der Waals surface area contributed by atoms with Crippen LogP contribution in [0.25, 0.3) is 0 Å². The maximum absolute atomic E-state index is 12.1. The topological polar surface area (TPSA) is 76.2 Å². The molecule has 2 aromatic rings. The monoisotopic (exact) mass is 357 g/mol. The first kappa shape index (κ1) is 17.3. The standard InChI is InChI=1S/C19H27N5O2/c1-14-9-18(26-22-14)11-19(25)20-12-15-10-17-13-23(7-8-24(17)21-15)16-5-3-2-4-6-16/h9-10,16H,2-8,11-13H2,1H3,(H,20,25). The molecule has 1 N–H and O–H groups in total. The van der Waals surface area contributed by atoms with Gasteiger partial charge in [-0.15, -0.1) is 0 Å². The second-order valence-corrected chi connectivity index (χ2v) is 7.50. The van der Waals surface area contributed by atoms with Crippen molar-refractivity contribution in [3.63, 3.8) is 0 Å². The molecule has 0 bridgehead atoms. The number of rotatable bonds is 5. The fourth-order valence-corrected chi connectivity index (χ4v) is 4.10. The summed E-state index contributed by atoms with van der Waals surface area (Å²) >= 11 is 0. The van der Waals surface area contributed by atoms with Crippen LogP contribution in [0.15, 0.2) is 16.7 Å². The molecule has 140 valence electrons. The normalized spacial score (nSPS) is 18.7. The Labute approximate surface area is 153 Å². The van der Waals surface area contributed by atoms with E-state index >= 15 is 0 Å². The molecule has 1 aliphatic heterocycles. The van der Waals surface area contributed by atoms with Crippen molar-refractivity contribution in [3.8, 4) is 0 Å². The first-order valence-electron chi connectivity index (χ1n) is 9.66.